The maximum Gasteiger partial charge on any atom is 0.417 e. The Morgan fingerprint density at radius 1 is 1.00 bits per heavy atom. The molecule has 0 aromatic rings. The van der Waals surface area contributed by atoms with Crippen LogP contribution in [0.3, 0.4) is 0 Å². The molecule has 0 saturated heterocycles. The second kappa shape index (κ2) is 4.16. The second-order valence-corrected chi connectivity index (χ2v) is 8.13. The number of halogens is 3. The molecule has 3 aliphatic carbocycles. The van der Waals surface area contributed by atoms with Gasteiger partial charge in [-0.2, -0.15) is 13.2 Å². The molecule has 2 N–H and O–H groups in total. The van der Waals surface area contributed by atoms with Crippen LogP contribution in [0.15, 0.2) is 0 Å². The van der Waals surface area contributed by atoms with Gasteiger partial charge in [0.05, 0.1) is 5.60 Å². The summed E-state index contributed by atoms with van der Waals surface area (Å²) in [5.74, 6) is 0.513. The van der Waals surface area contributed by atoms with Crippen LogP contribution >= 0.6 is 0 Å². The van der Waals surface area contributed by atoms with Crippen molar-refractivity contribution in [3.8, 4) is 0 Å². The largest absolute Gasteiger partial charge is 0.417 e. The highest BCUT2D eigenvalue weighted by Crippen LogP contribution is 2.68. The predicted octanol–water partition coefficient (Wildman–Crippen LogP) is 3.22. The molecule has 9 unspecified atom stereocenters. The van der Waals surface area contributed by atoms with Crippen molar-refractivity contribution in [2.45, 2.75) is 57.9 Å². The zero-order valence-electron chi connectivity index (χ0n) is 13.0. The average Bonchev–Trinajstić information content (AvgIpc) is 2.90. The number of fused-ring (bicyclic) bond motifs is 5. The summed E-state index contributed by atoms with van der Waals surface area (Å²) in [7, 11) is 0. The van der Waals surface area contributed by atoms with E-state index in [1.807, 2.05) is 0 Å². The van der Waals surface area contributed by atoms with Crippen molar-refractivity contribution in [1.82, 2.24) is 0 Å². The van der Waals surface area contributed by atoms with E-state index in [4.69, 9.17) is 0 Å². The fourth-order valence-electron chi connectivity index (χ4n) is 6.07. The molecule has 21 heavy (non-hydrogen) atoms. The maximum atomic E-state index is 13.2. The Hall–Kier alpha value is -0.290. The van der Waals surface area contributed by atoms with Crippen LogP contribution in [-0.4, -0.2) is 27.6 Å². The summed E-state index contributed by atoms with van der Waals surface area (Å²) in [6, 6.07) is 0. The minimum Gasteiger partial charge on any atom is -0.389 e. The van der Waals surface area contributed by atoms with E-state index in [9.17, 15) is 23.4 Å². The number of alkyl halides is 3. The molecular formula is C16H25F3O2. The SMILES string of the molecule is CC1C(C)C2CC1C1CC(C(C)(O)C(F)(F)F)C(C)(O)C21. The summed E-state index contributed by atoms with van der Waals surface area (Å²) >= 11 is 0. The molecule has 0 aromatic heterocycles. The van der Waals surface area contributed by atoms with Crippen molar-refractivity contribution in [1.29, 1.82) is 0 Å². The number of hydrogen-bond acceptors (Lipinski definition) is 2. The normalized spacial score (nSPS) is 55.6. The minimum absolute atomic E-state index is 0.104. The van der Waals surface area contributed by atoms with E-state index in [2.05, 4.69) is 13.8 Å². The van der Waals surface area contributed by atoms with E-state index in [0.29, 0.717) is 23.7 Å². The summed E-state index contributed by atoms with van der Waals surface area (Å²) in [4.78, 5) is 0. The Morgan fingerprint density at radius 3 is 2.05 bits per heavy atom. The van der Waals surface area contributed by atoms with Crippen molar-refractivity contribution in [2.75, 3.05) is 0 Å². The van der Waals surface area contributed by atoms with E-state index >= 15 is 0 Å². The molecule has 3 fully saturated rings. The van der Waals surface area contributed by atoms with E-state index < -0.39 is 23.3 Å². The van der Waals surface area contributed by atoms with Crippen molar-refractivity contribution < 1.29 is 23.4 Å². The van der Waals surface area contributed by atoms with E-state index in [1.165, 1.54) is 6.92 Å². The Bertz CT molecular complexity index is 443. The first-order valence-corrected chi connectivity index (χ1v) is 7.92. The van der Waals surface area contributed by atoms with Gasteiger partial charge in [-0.1, -0.05) is 13.8 Å². The van der Waals surface area contributed by atoms with Crippen molar-refractivity contribution in [3.63, 3.8) is 0 Å². The van der Waals surface area contributed by atoms with Gasteiger partial charge in [0.1, 0.15) is 0 Å². The number of hydrogen-bond donors (Lipinski definition) is 2. The van der Waals surface area contributed by atoms with Gasteiger partial charge >= 0.3 is 6.18 Å². The van der Waals surface area contributed by atoms with E-state index in [1.54, 1.807) is 0 Å². The molecule has 0 spiro atoms. The molecule has 0 radical (unpaired) electrons. The zero-order chi connectivity index (χ0) is 16.0. The van der Waals surface area contributed by atoms with Gasteiger partial charge in [0.2, 0.25) is 0 Å². The Morgan fingerprint density at radius 2 is 1.52 bits per heavy atom. The molecule has 0 aliphatic heterocycles. The molecule has 3 aliphatic rings. The highest BCUT2D eigenvalue weighted by molar-refractivity contribution is 5.17. The van der Waals surface area contributed by atoms with Gasteiger partial charge in [-0.3, -0.25) is 0 Å². The molecule has 3 saturated carbocycles. The smallest absolute Gasteiger partial charge is 0.389 e. The highest BCUT2D eigenvalue weighted by atomic mass is 19.4. The first kappa shape index (κ1) is 15.6. The van der Waals surface area contributed by atoms with Gasteiger partial charge in [0, 0.05) is 5.92 Å². The van der Waals surface area contributed by atoms with Gasteiger partial charge in [-0.05, 0) is 62.2 Å². The van der Waals surface area contributed by atoms with Crippen LogP contribution in [0.2, 0.25) is 0 Å². The second-order valence-electron chi connectivity index (χ2n) is 8.13. The van der Waals surface area contributed by atoms with E-state index in [-0.39, 0.29) is 18.3 Å². The standard InChI is InChI=1S/C16H25F3O2/c1-7-8(2)10-5-9(7)11-6-12(14(3,20)13(10)11)15(4,21)16(17,18)19/h7-13,20-21H,5-6H2,1-4H3. The summed E-state index contributed by atoms with van der Waals surface area (Å²) < 4.78 is 39.6. The Labute approximate surface area is 123 Å². The molecule has 9 atom stereocenters. The lowest BCUT2D eigenvalue weighted by Gasteiger charge is -2.43. The monoisotopic (exact) mass is 306 g/mol. The maximum absolute atomic E-state index is 13.2. The number of aliphatic hydroxyl groups is 2. The van der Waals surface area contributed by atoms with E-state index in [0.717, 1.165) is 13.3 Å². The predicted molar refractivity (Wildman–Crippen MR) is 72.3 cm³/mol. The molecule has 2 bridgehead atoms. The summed E-state index contributed by atoms with van der Waals surface area (Å²) in [6.07, 6.45) is -3.41. The third-order valence-corrected chi connectivity index (χ3v) is 7.34. The highest BCUT2D eigenvalue weighted by Gasteiger charge is 2.71. The minimum atomic E-state index is -4.71. The first-order chi connectivity index (χ1) is 9.40. The fraction of sp³-hybridized carbons (Fsp3) is 1.00. The van der Waals surface area contributed by atoms with Crippen molar-refractivity contribution in [2.24, 2.45) is 41.4 Å². The molecule has 0 amide bonds. The Balaban J connectivity index is 1.96. The van der Waals surface area contributed by atoms with Crippen LogP contribution < -0.4 is 0 Å². The molecule has 0 heterocycles. The van der Waals surface area contributed by atoms with Crippen LogP contribution in [0.5, 0.6) is 0 Å². The summed E-state index contributed by atoms with van der Waals surface area (Å²) in [6.45, 7) is 6.66. The Kier molecular flexibility index (Phi) is 3.09. The van der Waals surface area contributed by atoms with Crippen LogP contribution in [-0.2, 0) is 0 Å². The zero-order valence-corrected chi connectivity index (χ0v) is 13.0. The van der Waals surface area contributed by atoms with Gasteiger partial charge < -0.3 is 10.2 Å². The lowest BCUT2D eigenvalue weighted by atomic mass is 9.67. The number of rotatable bonds is 1. The lowest BCUT2D eigenvalue weighted by Crippen LogP contribution is -2.57. The molecule has 2 nitrogen and oxygen atoms in total. The molecular weight excluding hydrogens is 281 g/mol. The quantitative estimate of drug-likeness (QED) is 0.781. The van der Waals surface area contributed by atoms with Crippen molar-refractivity contribution >= 4 is 0 Å². The topological polar surface area (TPSA) is 40.5 Å². The summed E-state index contributed by atoms with van der Waals surface area (Å²) in [5, 5.41) is 21.0. The summed E-state index contributed by atoms with van der Waals surface area (Å²) in [5.41, 5.74) is -4.27. The fourth-order valence-corrected chi connectivity index (χ4v) is 6.07. The van der Waals surface area contributed by atoms with Crippen LogP contribution in [0, 0.1) is 41.4 Å². The first-order valence-electron chi connectivity index (χ1n) is 7.92. The third kappa shape index (κ3) is 1.79. The molecule has 5 heteroatoms. The van der Waals surface area contributed by atoms with Crippen LogP contribution in [0.4, 0.5) is 13.2 Å². The van der Waals surface area contributed by atoms with Gasteiger partial charge in [0.15, 0.2) is 5.60 Å². The lowest BCUT2D eigenvalue weighted by molar-refractivity contribution is -0.289. The third-order valence-electron chi connectivity index (χ3n) is 7.34. The molecule has 0 aromatic carbocycles. The molecule has 3 rings (SSSR count). The van der Waals surface area contributed by atoms with Crippen molar-refractivity contribution in [3.05, 3.63) is 0 Å². The molecule has 122 valence electrons. The van der Waals surface area contributed by atoms with Gasteiger partial charge in [-0.25, -0.2) is 0 Å². The van der Waals surface area contributed by atoms with Gasteiger partial charge in [0.25, 0.3) is 0 Å². The average molecular weight is 306 g/mol. The van der Waals surface area contributed by atoms with Crippen LogP contribution in [0.1, 0.15) is 40.5 Å². The van der Waals surface area contributed by atoms with Crippen LogP contribution in [0.25, 0.3) is 0 Å². The van der Waals surface area contributed by atoms with Gasteiger partial charge in [-0.15, -0.1) is 0 Å².